The molecule has 0 bridgehead atoms. The minimum absolute atomic E-state index is 0.273. The number of nitrogens with one attached hydrogen (secondary N) is 1. The van der Waals surface area contributed by atoms with Crippen LogP contribution in [0.15, 0.2) is 46.2 Å². The second-order valence-electron chi connectivity index (χ2n) is 3.56. The first-order valence-electron chi connectivity index (χ1n) is 5.05. The molecule has 0 aliphatic heterocycles. The summed E-state index contributed by atoms with van der Waals surface area (Å²) in [5.74, 6) is 0. The Morgan fingerprint density at radius 3 is 2.59 bits per heavy atom. The molecule has 6 heteroatoms. The fourth-order valence-corrected chi connectivity index (χ4v) is 3.67. The molecule has 0 unspecified atom stereocenters. The molecule has 0 fully saturated rings. The number of pyridine rings is 1. The highest BCUT2D eigenvalue weighted by Crippen LogP contribution is 2.19. The number of hydrogen-bond donors (Lipinski definition) is 1. The minimum Gasteiger partial charge on any atom is -0.265 e. The van der Waals surface area contributed by atoms with E-state index in [0.717, 1.165) is 5.56 Å². The summed E-state index contributed by atoms with van der Waals surface area (Å²) in [6.07, 6.45) is 3.29. The molecule has 0 aliphatic carbocycles. The summed E-state index contributed by atoms with van der Waals surface area (Å²) in [6.45, 7) is 1.81. The lowest BCUT2D eigenvalue weighted by Crippen LogP contribution is -2.26. The van der Waals surface area contributed by atoms with Crippen molar-refractivity contribution in [3.05, 3.63) is 47.6 Å². The third-order valence-corrected chi connectivity index (χ3v) is 5.24. The van der Waals surface area contributed by atoms with E-state index in [9.17, 15) is 8.42 Å². The van der Waals surface area contributed by atoms with Crippen LogP contribution in [0.4, 0.5) is 0 Å². The molecule has 0 saturated carbocycles. The lowest BCUT2D eigenvalue weighted by atomic mass is 10.1. The first-order chi connectivity index (χ1) is 8.09. The molecule has 1 N–H and O–H groups in total. The standard InChI is InChI=1S/C11H12N2O2S2/c1-9(10-4-6-12-7-5-10)13-17(14,15)11-3-2-8-16-11/h2-9,13H,1H3/t9-/m0/s1. The normalized spacial score (nSPS) is 13.5. The van der Waals surface area contributed by atoms with Gasteiger partial charge in [-0.25, -0.2) is 13.1 Å². The van der Waals surface area contributed by atoms with Crippen molar-refractivity contribution in [2.75, 3.05) is 0 Å². The van der Waals surface area contributed by atoms with Gasteiger partial charge in [-0.2, -0.15) is 0 Å². The summed E-state index contributed by atoms with van der Waals surface area (Å²) in [5.41, 5.74) is 0.889. The number of rotatable bonds is 4. The van der Waals surface area contributed by atoms with Crippen LogP contribution in [0.1, 0.15) is 18.5 Å². The van der Waals surface area contributed by atoms with E-state index in [-0.39, 0.29) is 6.04 Å². The number of sulfonamides is 1. The summed E-state index contributed by atoms with van der Waals surface area (Å²) in [7, 11) is -3.42. The van der Waals surface area contributed by atoms with Gasteiger partial charge in [-0.1, -0.05) is 6.07 Å². The monoisotopic (exact) mass is 268 g/mol. The van der Waals surface area contributed by atoms with Gasteiger partial charge in [0.1, 0.15) is 4.21 Å². The minimum atomic E-state index is -3.42. The maximum absolute atomic E-state index is 12.0. The molecule has 0 amide bonds. The summed E-state index contributed by atoms with van der Waals surface area (Å²) in [5, 5.41) is 1.74. The van der Waals surface area contributed by atoms with Gasteiger partial charge < -0.3 is 0 Å². The second-order valence-corrected chi connectivity index (χ2v) is 6.44. The van der Waals surface area contributed by atoms with Gasteiger partial charge in [0.25, 0.3) is 10.0 Å². The van der Waals surface area contributed by atoms with Gasteiger partial charge >= 0.3 is 0 Å². The largest absolute Gasteiger partial charge is 0.265 e. The Morgan fingerprint density at radius 1 is 1.29 bits per heavy atom. The number of thiophene rings is 1. The molecule has 0 spiro atoms. The lowest BCUT2D eigenvalue weighted by Gasteiger charge is -2.13. The Balaban J connectivity index is 2.17. The van der Waals surface area contributed by atoms with E-state index in [1.165, 1.54) is 11.3 Å². The van der Waals surface area contributed by atoms with Gasteiger partial charge in [-0.05, 0) is 36.1 Å². The topological polar surface area (TPSA) is 59.1 Å². The molecule has 0 aliphatic rings. The summed E-state index contributed by atoms with van der Waals surface area (Å²) >= 11 is 1.20. The molecular formula is C11H12N2O2S2. The lowest BCUT2D eigenvalue weighted by molar-refractivity contribution is 0.569. The van der Waals surface area contributed by atoms with Gasteiger partial charge in [0, 0.05) is 18.4 Å². The third kappa shape index (κ3) is 2.91. The Morgan fingerprint density at radius 2 is 2.00 bits per heavy atom. The van der Waals surface area contributed by atoms with Crippen molar-refractivity contribution < 1.29 is 8.42 Å². The fourth-order valence-electron chi connectivity index (χ4n) is 1.43. The molecule has 90 valence electrons. The van der Waals surface area contributed by atoms with Crippen molar-refractivity contribution in [3.8, 4) is 0 Å². The van der Waals surface area contributed by atoms with Gasteiger partial charge in [-0.3, -0.25) is 4.98 Å². The Labute approximate surface area is 104 Å². The van der Waals surface area contributed by atoms with Crippen molar-refractivity contribution in [1.29, 1.82) is 0 Å². The zero-order valence-electron chi connectivity index (χ0n) is 9.20. The molecule has 4 nitrogen and oxygen atoms in total. The van der Waals surface area contributed by atoms with Gasteiger partial charge in [0.05, 0.1) is 0 Å². The summed E-state index contributed by atoms with van der Waals surface area (Å²) < 4.78 is 26.9. The summed E-state index contributed by atoms with van der Waals surface area (Å²) in [4.78, 5) is 3.90. The second kappa shape index (κ2) is 4.95. The van der Waals surface area contributed by atoms with Crippen LogP contribution < -0.4 is 4.72 Å². The van der Waals surface area contributed by atoms with E-state index in [4.69, 9.17) is 0 Å². The Hall–Kier alpha value is -1.24. The highest BCUT2D eigenvalue weighted by atomic mass is 32.2. The van der Waals surface area contributed by atoms with Crippen molar-refractivity contribution >= 4 is 21.4 Å². The van der Waals surface area contributed by atoms with Gasteiger partial charge in [-0.15, -0.1) is 11.3 Å². The van der Waals surface area contributed by atoms with Crippen LogP contribution >= 0.6 is 11.3 Å². The quantitative estimate of drug-likeness (QED) is 0.924. The van der Waals surface area contributed by atoms with Crippen LogP contribution in [0.2, 0.25) is 0 Å². The maximum atomic E-state index is 12.0. The van der Waals surface area contributed by atoms with E-state index in [1.807, 2.05) is 0 Å². The van der Waals surface area contributed by atoms with Gasteiger partial charge in [0.15, 0.2) is 0 Å². The zero-order chi connectivity index (χ0) is 12.3. The number of aromatic nitrogens is 1. The third-order valence-electron chi connectivity index (χ3n) is 2.30. The molecule has 17 heavy (non-hydrogen) atoms. The Bertz CT molecular complexity index is 565. The van der Waals surface area contributed by atoms with E-state index in [1.54, 1.807) is 49.0 Å². The number of nitrogens with zero attached hydrogens (tertiary/aromatic N) is 1. The number of hydrogen-bond acceptors (Lipinski definition) is 4. The van der Waals surface area contributed by atoms with E-state index < -0.39 is 10.0 Å². The molecule has 2 heterocycles. The first kappa shape index (κ1) is 12.2. The zero-order valence-corrected chi connectivity index (χ0v) is 10.8. The Kier molecular flexibility index (Phi) is 3.56. The van der Waals surface area contributed by atoms with Gasteiger partial charge in [0.2, 0.25) is 0 Å². The van der Waals surface area contributed by atoms with Crippen LogP contribution in [0.25, 0.3) is 0 Å². The predicted octanol–water partition coefficient (Wildman–Crippen LogP) is 2.18. The molecule has 0 aromatic carbocycles. The van der Waals surface area contributed by atoms with Crippen LogP contribution in [0.3, 0.4) is 0 Å². The maximum Gasteiger partial charge on any atom is 0.250 e. The average molecular weight is 268 g/mol. The smallest absolute Gasteiger partial charge is 0.250 e. The van der Waals surface area contributed by atoms with E-state index in [2.05, 4.69) is 9.71 Å². The van der Waals surface area contributed by atoms with Crippen molar-refractivity contribution in [3.63, 3.8) is 0 Å². The van der Waals surface area contributed by atoms with E-state index >= 15 is 0 Å². The van der Waals surface area contributed by atoms with Crippen molar-refractivity contribution in [1.82, 2.24) is 9.71 Å². The molecule has 2 aromatic heterocycles. The van der Waals surface area contributed by atoms with Crippen LogP contribution in [-0.4, -0.2) is 13.4 Å². The highest BCUT2D eigenvalue weighted by molar-refractivity contribution is 7.91. The first-order valence-corrected chi connectivity index (χ1v) is 7.41. The molecule has 2 aromatic rings. The highest BCUT2D eigenvalue weighted by Gasteiger charge is 2.18. The van der Waals surface area contributed by atoms with Crippen molar-refractivity contribution in [2.24, 2.45) is 0 Å². The summed E-state index contributed by atoms with van der Waals surface area (Å²) in [6, 6.07) is 6.62. The molecular weight excluding hydrogens is 256 g/mol. The predicted molar refractivity (Wildman–Crippen MR) is 67.3 cm³/mol. The molecule has 2 rings (SSSR count). The molecule has 1 atom stereocenters. The van der Waals surface area contributed by atoms with Crippen LogP contribution in [-0.2, 0) is 10.0 Å². The SMILES string of the molecule is C[C@H](NS(=O)(=O)c1cccs1)c1ccncc1. The van der Waals surface area contributed by atoms with Crippen molar-refractivity contribution in [2.45, 2.75) is 17.2 Å². The molecule has 0 saturated heterocycles. The van der Waals surface area contributed by atoms with Crippen LogP contribution in [0.5, 0.6) is 0 Å². The van der Waals surface area contributed by atoms with Crippen LogP contribution in [0, 0.1) is 0 Å². The molecule has 0 radical (unpaired) electrons. The van der Waals surface area contributed by atoms with E-state index in [0.29, 0.717) is 4.21 Å². The average Bonchev–Trinajstić information content (AvgIpc) is 2.84. The fraction of sp³-hybridized carbons (Fsp3) is 0.182.